The number of aromatic nitrogens is 1. The monoisotopic (exact) mass is 388 g/mol. The molecule has 0 saturated heterocycles. The molecule has 2 aliphatic rings. The molecule has 0 aliphatic carbocycles. The predicted octanol–water partition coefficient (Wildman–Crippen LogP) is 4.23. The van der Waals surface area contributed by atoms with Gasteiger partial charge >= 0.3 is 0 Å². The summed E-state index contributed by atoms with van der Waals surface area (Å²) >= 11 is 0. The van der Waals surface area contributed by atoms with Crippen LogP contribution in [0.3, 0.4) is 0 Å². The van der Waals surface area contributed by atoms with Crippen LogP contribution in [0.2, 0.25) is 0 Å². The predicted molar refractivity (Wildman–Crippen MR) is 113 cm³/mol. The number of nitrogens with one attached hydrogen (secondary N) is 2. The minimum absolute atomic E-state index is 0.0907. The van der Waals surface area contributed by atoms with Crippen molar-refractivity contribution in [1.29, 1.82) is 0 Å². The Bertz CT molecular complexity index is 1070. The van der Waals surface area contributed by atoms with E-state index in [1.165, 1.54) is 16.7 Å². The van der Waals surface area contributed by atoms with Crippen molar-refractivity contribution in [1.82, 2.24) is 10.3 Å². The number of ketones is 1. The first-order valence-electron chi connectivity index (χ1n) is 10.2. The topological polar surface area (TPSA) is 63.4 Å². The molecule has 3 aromatic rings. The molecule has 0 spiro atoms. The maximum absolute atomic E-state index is 12.8. The molecule has 3 heterocycles. The molecule has 5 rings (SSSR count). The Morgan fingerprint density at radius 3 is 2.79 bits per heavy atom. The van der Waals surface area contributed by atoms with Gasteiger partial charge in [0, 0.05) is 36.1 Å². The van der Waals surface area contributed by atoms with Gasteiger partial charge in [0.15, 0.2) is 11.5 Å². The van der Waals surface area contributed by atoms with E-state index in [4.69, 9.17) is 9.47 Å². The number of hydrogen-bond acceptors (Lipinski definition) is 4. The molecule has 2 aromatic carbocycles. The fraction of sp³-hybridized carbons (Fsp3) is 0.292. The van der Waals surface area contributed by atoms with Crippen molar-refractivity contribution < 1.29 is 14.3 Å². The van der Waals surface area contributed by atoms with E-state index in [2.05, 4.69) is 28.5 Å². The summed E-state index contributed by atoms with van der Waals surface area (Å²) in [5.41, 5.74) is 4.73. The van der Waals surface area contributed by atoms with Gasteiger partial charge in [0.2, 0.25) is 6.79 Å². The van der Waals surface area contributed by atoms with Crippen molar-refractivity contribution in [3.63, 3.8) is 0 Å². The van der Waals surface area contributed by atoms with Gasteiger partial charge in [0.1, 0.15) is 5.78 Å². The molecular weight excluding hydrogens is 364 g/mol. The zero-order chi connectivity index (χ0) is 19.6. The molecule has 5 heteroatoms. The maximum atomic E-state index is 12.8. The average Bonchev–Trinajstić information content (AvgIpc) is 3.39. The van der Waals surface area contributed by atoms with Crippen LogP contribution >= 0.6 is 0 Å². The number of fused-ring (bicyclic) bond motifs is 2. The number of aryl methyl sites for hydroxylation is 1. The molecule has 2 aliphatic heterocycles. The third-order valence-electron chi connectivity index (χ3n) is 5.80. The van der Waals surface area contributed by atoms with Crippen LogP contribution < -0.4 is 14.8 Å². The summed E-state index contributed by atoms with van der Waals surface area (Å²) in [6.07, 6.45) is 7.26. The number of hydrogen-bond donors (Lipinski definition) is 2. The van der Waals surface area contributed by atoms with Crippen LogP contribution in [0.4, 0.5) is 0 Å². The first-order valence-corrected chi connectivity index (χ1v) is 10.2. The van der Waals surface area contributed by atoms with Crippen molar-refractivity contribution in [2.24, 2.45) is 0 Å². The Morgan fingerprint density at radius 1 is 1.10 bits per heavy atom. The molecule has 1 unspecified atom stereocenters. The second-order valence-electron chi connectivity index (χ2n) is 7.65. The number of carbonyl (C=O) groups excluding carboxylic acids is 1. The molecule has 5 nitrogen and oxygen atoms in total. The number of ether oxygens (including phenoxy) is 2. The zero-order valence-electron chi connectivity index (χ0n) is 16.2. The summed E-state index contributed by atoms with van der Waals surface area (Å²) in [5, 5.41) is 4.50. The van der Waals surface area contributed by atoms with Crippen molar-refractivity contribution in [3.05, 3.63) is 65.9 Å². The van der Waals surface area contributed by atoms with E-state index in [9.17, 15) is 4.79 Å². The SMILES string of the molecule is O=C(CCCc1c[nH]c2cc3c(cc12)OCO3)C1CC(c2ccccc2)=CCN1. The van der Waals surface area contributed by atoms with Crippen molar-refractivity contribution >= 4 is 22.3 Å². The van der Waals surface area contributed by atoms with Gasteiger partial charge in [0.25, 0.3) is 0 Å². The van der Waals surface area contributed by atoms with E-state index >= 15 is 0 Å². The van der Waals surface area contributed by atoms with E-state index in [0.717, 1.165) is 48.2 Å². The average molecular weight is 388 g/mol. The van der Waals surface area contributed by atoms with Crippen molar-refractivity contribution in [3.8, 4) is 11.5 Å². The summed E-state index contributed by atoms with van der Waals surface area (Å²) in [6.45, 7) is 1.02. The van der Waals surface area contributed by atoms with E-state index in [0.29, 0.717) is 12.2 Å². The second kappa shape index (κ2) is 7.76. The molecular formula is C24H24N2O3. The lowest BCUT2D eigenvalue weighted by atomic mass is 9.91. The molecule has 29 heavy (non-hydrogen) atoms. The third kappa shape index (κ3) is 3.66. The highest BCUT2D eigenvalue weighted by molar-refractivity contribution is 5.88. The lowest BCUT2D eigenvalue weighted by Gasteiger charge is -2.23. The summed E-state index contributed by atoms with van der Waals surface area (Å²) < 4.78 is 10.9. The van der Waals surface area contributed by atoms with Gasteiger partial charge < -0.3 is 19.8 Å². The fourth-order valence-corrected chi connectivity index (χ4v) is 4.22. The fourth-order valence-electron chi connectivity index (χ4n) is 4.22. The molecule has 1 atom stereocenters. The minimum Gasteiger partial charge on any atom is -0.454 e. The second-order valence-corrected chi connectivity index (χ2v) is 7.65. The first-order chi connectivity index (χ1) is 14.3. The Labute approximate surface area is 169 Å². The van der Waals surface area contributed by atoms with Crippen LogP contribution in [0, 0.1) is 0 Å². The summed E-state index contributed by atoms with van der Waals surface area (Å²) in [7, 11) is 0. The summed E-state index contributed by atoms with van der Waals surface area (Å²) in [4.78, 5) is 16.1. The van der Waals surface area contributed by atoms with Gasteiger partial charge in [0.05, 0.1) is 6.04 Å². The molecule has 2 N–H and O–H groups in total. The highest BCUT2D eigenvalue weighted by Gasteiger charge is 2.22. The summed E-state index contributed by atoms with van der Waals surface area (Å²) in [5.74, 6) is 1.87. The number of carbonyl (C=O) groups is 1. The third-order valence-corrected chi connectivity index (χ3v) is 5.80. The van der Waals surface area contributed by atoms with Gasteiger partial charge in [-0.25, -0.2) is 0 Å². The lowest BCUT2D eigenvalue weighted by Crippen LogP contribution is -2.39. The Balaban J connectivity index is 1.20. The van der Waals surface area contributed by atoms with E-state index < -0.39 is 0 Å². The van der Waals surface area contributed by atoms with E-state index in [1.54, 1.807) is 0 Å². The molecule has 0 amide bonds. The standard InChI is InChI=1S/C24H24N2O3/c27-22(21-11-17(9-10-25-21)16-5-2-1-3-6-16)8-4-7-18-14-26-20-13-24-23(12-19(18)20)28-15-29-24/h1-3,5-6,9,12-14,21,25-26H,4,7-8,10-11,15H2. The Kier molecular flexibility index (Phi) is 4.82. The highest BCUT2D eigenvalue weighted by atomic mass is 16.7. The van der Waals surface area contributed by atoms with Crippen molar-refractivity contribution in [2.75, 3.05) is 13.3 Å². The van der Waals surface area contributed by atoms with Crippen LogP contribution in [0.5, 0.6) is 11.5 Å². The number of rotatable bonds is 6. The quantitative estimate of drug-likeness (QED) is 0.663. The lowest BCUT2D eigenvalue weighted by molar-refractivity contribution is -0.121. The molecule has 1 aromatic heterocycles. The number of aromatic amines is 1. The van der Waals surface area contributed by atoms with Crippen LogP contribution in [-0.2, 0) is 11.2 Å². The molecule has 0 saturated carbocycles. The zero-order valence-corrected chi connectivity index (χ0v) is 16.2. The van der Waals surface area contributed by atoms with Crippen molar-refractivity contribution in [2.45, 2.75) is 31.7 Å². The number of Topliss-reactive ketones (excluding diaryl/α,β-unsaturated/α-hetero) is 1. The highest BCUT2D eigenvalue weighted by Crippen LogP contribution is 2.37. The molecule has 0 fully saturated rings. The van der Waals surface area contributed by atoms with Gasteiger partial charge in [-0.3, -0.25) is 4.79 Å². The smallest absolute Gasteiger partial charge is 0.231 e. The number of H-pyrrole nitrogens is 1. The summed E-state index contributed by atoms with van der Waals surface area (Å²) in [6, 6.07) is 14.3. The van der Waals surface area contributed by atoms with Crippen LogP contribution in [0.15, 0.2) is 54.7 Å². The van der Waals surface area contributed by atoms with Crippen LogP contribution in [-0.4, -0.2) is 30.1 Å². The van der Waals surface area contributed by atoms with Gasteiger partial charge in [-0.2, -0.15) is 0 Å². The molecule has 148 valence electrons. The maximum Gasteiger partial charge on any atom is 0.231 e. The van der Waals surface area contributed by atoms with Gasteiger partial charge in [-0.05, 0) is 42.0 Å². The normalized spacial score (nSPS) is 18.1. The number of benzene rings is 2. The molecule has 0 bridgehead atoms. The largest absolute Gasteiger partial charge is 0.454 e. The molecule has 0 radical (unpaired) electrons. The Hall–Kier alpha value is -3.05. The van der Waals surface area contributed by atoms with Gasteiger partial charge in [-0.15, -0.1) is 0 Å². The first kappa shape index (κ1) is 18.0. The minimum atomic E-state index is -0.0907. The Morgan fingerprint density at radius 2 is 1.93 bits per heavy atom. The van der Waals surface area contributed by atoms with E-state index in [1.807, 2.05) is 36.5 Å². The van der Waals surface area contributed by atoms with Crippen LogP contribution in [0.25, 0.3) is 16.5 Å². The van der Waals surface area contributed by atoms with Crippen LogP contribution in [0.1, 0.15) is 30.4 Å². The van der Waals surface area contributed by atoms with E-state index in [-0.39, 0.29) is 12.8 Å². The van der Waals surface area contributed by atoms with Gasteiger partial charge in [-0.1, -0.05) is 36.4 Å².